The van der Waals surface area contributed by atoms with Gasteiger partial charge in [-0.1, -0.05) is 42.1 Å². The monoisotopic (exact) mass is 375 g/mol. The number of rotatable bonds is 5. The number of nitrogens with two attached hydrogens (primary N) is 1. The molecule has 1 aliphatic rings. The molecular weight excluding hydrogens is 357 g/mol. The molecule has 2 aromatic rings. The normalized spacial score (nSPS) is 22.7. The van der Waals surface area contributed by atoms with Crippen LogP contribution in [0, 0.1) is 15.9 Å². The van der Waals surface area contributed by atoms with E-state index in [0.717, 1.165) is 17.7 Å². The highest BCUT2D eigenvalue weighted by atomic mass is 32.2. The van der Waals surface area contributed by atoms with Crippen molar-refractivity contribution in [2.45, 2.75) is 25.2 Å². The molecule has 0 aliphatic carbocycles. The van der Waals surface area contributed by atoms with E-state index in [-0.39, 0.29) is 11.3 Å². The minimum atomic E-state index is -1.15. The molecule has 1 heterocycles. The second kappa shape index (κ2) is 7.43. The van der Waals surface area contributed by atoms with Crippen LogP contribution < -0.4 is 5.73 Å². The maximum atomic E-state index is 14.5. The Morgan fingerprint density at radius 1 is 1.38 bits per heavy atom. The smallest absolute Gasteiger partial charge is 0.270 e. The second-order valence-corrected chi connectivity index (χ2v) is 7.16. The van der Waals surface area contributed by atoms with Crippen LogP contribution in [0.15, 0.2) is 53.5 Å². The first-order valence-electron chi connectivity index (χ1n) is 7.98. The van der Waals surface area contributed by atoms with Gasteiger partial charge in [0.15, 0.2) is 5.17 Å². The fraction of sp³-hybridized carbons (Fsp3) is 0.278. The van der Waals surface area contributed by atoms with Gasteiger partial charge in [-0.2, -0.15) is 0 Å². The Bertz CT molecular complexity index is 847. The Morgan fingerprint density at radius 2 is 2.12 bits per heavy atom. The summed E-state index contributed by atoms with van der Waals surface area (Å²) in [6.07, 6.45) is -0.489. The summed E-state index contributed by atoms with van der Waals surface area (Å²) in [4.78, 5) is 14.9. The predicted molar refractivity (Wildman–Crippen MR) is 99.5 cm³/mol. The molecule has 0 bridgehead atoms. The Morgan fingerprint density at radius 3 is 2.81 bits per heavy atom. The van der Waals surface area contributed by atoms with Crippen LogP contribution in [0.1, 0.15) is 18.1 Å². The molecule has 0 saturated carbocycles. The summed E-state index contributed by atoms with van der Waals surface area (Å²) in [5, 5.41) is 11.4. The van der Waals surface area contributed by atoms with Crippen molar-refractivity contribution in [2.24, 2.45) is 10.7 Å². The summed E-state index contributed by atoms with van der Waals surface area (Å²) in [6, 6.07) is 13.0. The lowest BCUT2D eigenvalue weighted by Gasteiger charge is -2.37. The molecule has 1 aliphatic heterocycles. The average Bonchev–Trinajstić information content (AvgIpc) is 2.62. The number of aliphatic imine (C=N–C) groups is 1. The quantitative estimate of drug-likeness (QED) is 0.637. The van der Waals surface area contributed by atoms with E-state index in [1.165, 1.54) is 17.8 Å². The number of nitro benzene ring substituents is 1. The van der Waals surface area contributed by atoms with Gasteiger partial charge >= 0.3 is 0 Å². The van der Waals surface area contributed by atoms with E-state index in [1.807, 2.05) is 30.3 Å². The second-order valence-electron chi connectivity index (χ2n) is 6.12. The van der Waals surface area contributed by atoms with Crippen molar-refractivity contribution in [3.05, 3.63) is 75.6 Å². The molecule has 6 nitrogen and oxygen atoms in total. The third-order valence-corrected chi connectivity index (χ3v) is 5.21. The van der Waals surface area contributed by atoms with E-state index in [9.17, 15) is 14.5 Å². The number of nitrogens with zero attached hydrogens (tertiary/aromatic N) is 2. The summed E-state index contributed by atoms with van der Waals surface area (Å²) < 4.78 is 20.6. The summed E-state index contributed by atoms with van der Waals surface area (Å²) in [5.74, 6) is -0.101. The SMILES string of the molecule is C[C@]1(c2cc([N+](=O)[O-])ccc2F)N=C(N)SCC1OCc1ccccc1. The van der Waals surface area contributed by atoms with Gasteiger partial charge in [0.05, 0.1) is 17.6 Å². The van der Waals surface area contributed by atoms with Gasteiger partial charge in [0.2, 0.25) is 0 Å². The van der Waals surface area contributed by atoms with Crippen LogP contribution in [0.5, 0.6) is 0 Å². The molecule has 0 radical (unpaired) electrons. The van der Waals surface area contributed by atoms with Gasteiger partial charge in [-0.25, -0.2) is 9.38 Å². The first-order chi connectivity index (χ1) is 12.4. The number of nitro groups is 1. The number of ether oxygens (including phenoxy) is 1. The van der Waals surface area contributed by atoms with Crippen LogP contribution in [0.2, 0.25) is 0 Å². The van der Waals surface area contributed by atoms with E-state index in [1.54, 1.807) is 6.92 Å². The van der Waals surface area contributed by atoms with Crippen LogP contribution in [-0.4, -0.2) is 21.9 Å². The molecule has 2 aromatic carbocycles. The molecule has 136 valence electrons. The van der Waals surface area contributed by atoms with Crippen molar-refractivity contribution in [3.8, 4) is 0 Å². The van der Waals surface area contributed by atoms with E-state index in [2.05, 4.69) is 4.99 Å². The number of hydrogen-bond acceptors (Lipinski definition) is 6. The van der Waals surface area contributed by atoms with Gasteiger partial charge in [0, 0.05) is 23.4 Å². The third kappa shape index (κ3) is 3.71. The topological polar surface area (TPSA) is 90.8 Å². The summed E-state index contributed by atoms with van der Waals surface area (Å²) in [6.45, 7) is 2.02. The van der Waals surface area contributed by atoms with E-state index < -0.39 is 22.4 Å². The van der Waals surface area contributed by atoms with Crippen molar-refractivity contribution in [1.29, 1.82) is 0 Å². The highest BCUT2D eigenvalue weighted by Crippen LogP contribution is 2.40. The molecule has 3 rings (SSSR count). The maximum Gasteiger partial charge on any atom is 0.270 e. The number of amidine groups is 1. The van der Waals surface area contributed by atoms with Crippen molar-refractivity contribution in [2.75, 3.05) is 5.75 Å². The number of benzene rings is 2. The Balaban J connectivity index is 1.95. The van der Waals surface area contributed by atoms with Gasteiger partial charge in [-0.15, -0.1) is 0 Å². The number of hydrogen-bond donors (Lipinski definition) is 1. The predicted octanol–water partition coefficient (Wildman–Crippen LogP) is 3.60. The zero-order chi connectivity index (χ0) is 18.7. The lowest BCUT2D eigenvalue weighted by molar-refractivity contribution is -0.385. The Labute approximate surface area is 154 Å². The summed E-state index contributed by atoms with van der Waals surface area (Å²) in [5.41, 5.74) is 5.59. The highest BCUT2D eigenvalue weighted by molar-refractivity contribution is 8.13. The van der Waals surface area contributed by atoms with E-state index >= 15 is 0 Å². The van der Waals surface area contributed by atoms with Gasteiger partial charge in [0.25, 0.3) is 5.69 Å². The first kappa shape index (κ1) is 18.3. The van der Waals surface area contributed by atoms with Crippen molar-refractivity contribution in [3.63, 3.8) is 0 Å². The highest BCUT2D eigenvalue weighted by Gasteiger charge is 2.42. The lowest BCUT2D eigenvalue weighted by atomic mass is 9.86. The minimum Gasteiger partial charge on any atom is -0.379 e. The standard InChI is InChI=1S/C18H18FN3O3S/c1-18(14-9-13(22(23)24)7-8-15(14)19)16(11-26-17(20)21-18)25-10-12-5-3-2-4-6-12/h2-9,16H,10-11H2,1H3,(H2,20,21)/t16?,18-/m1/s1. The van der Waals surface area contributed by atoms with E-state index in [0.29, 0.717) is 17.5 Å². The van der Waals surface area contributed by atoms with E-state index in [4.69, 9.17) is 10.5 Å². The van der Waals surface area contributed by atoms with Crippen molar-refractivity contribution >= 4 is 22.6 Å². The molecule has 0 fully saturated rings. The first-order valence-corrected chi connectivity index (χ1v) is 8.97. The molecule has 0 spiro atoms. The third-order valence-electron chi connectivity index (χ3n) is 4.35. The zero-order valence-corrected chi connectivity index (χ0v) is 14.9. The van der Waals surface area contributed by atoms with Crippen molar-refractivity contribution < 1.29 is 14.1 Å². The molecule has 0 aromatic heterocycles. The number of non-ortho nitro benzene ring substituents is 1. The molecule has 2 N–H and O–H groups in total. The number of halogens is 1. The Hall–Kier alpha value is -2.45. The fourth-order valence-electron chi connectivity index (χ4n) is 2.89. The van der Waals surface area contributed by atoms with Crippen LogP contribution >= 0.6 is 11.8 Å². The van der Waals surface area contributed by atoms with Crippen LogP contribution in [0.4, 0.5) is 10.1 Å². The van der Waals surface area contributed by atoms with Crippen molar-refractivity contribution in [1.82, 2.24) is 0 Å². The van der Waals surface area contributed by atoms with Crippen LogP contribution in [-0.2, 0) is 16.9 Å². The molecule has 0 amide bonds. The Kier molecular flexibility index (Phi) is 5.24. The lowest BCUT2D eigenvalue weighted by Crippen LogP contribution is -2.44. The maximum absolute atomic E-state index is 14.5. The molecule has 1 unspecified atom stereocenters. The molecule has 8 heteroatoms. The summed E-state index contributed by atoms with van der Waals surface area (Å²) >= 11 is 1.32. The van der Waals surface area contributed by atoms with Gasteiger partial charge in [-0.05, 0) is 18.6 Å². The molecule has 26 heavy (non-hydrogen) atoms. The molecule has 0 saturated heterocycles. The number of thioether (sulfide) groups is 1. The average molecular weight is 375 g/mol. The van der Waals surface area contributed by atoms with Gasteiger partial charge < -0.3 is 10.5 Å². The zero-order valence-electron chi connectivity index (χ0n) is 14.1. The van der Waals surface area contributed by atoms with Crippen LogP contribution in [0.3, 0.4) is 0 Å². The van der Waals surface area contributed by atoms with Gasteiger partial charge in [0.1, 0.15) is 11.4 Å². The largest absolute Gasteiger partial charge is 0.379 e. The molecule has 2 atom stereocenters. The summed E-state index contributed by atoms with van der Waals surface area (Å²) in [7, 11) is 0. The van der Waals surface area contributed by atoms with Crippen LogP contribution in [0.25, 0.3) is 0 Å². The minimum absolute atomic E-state index is 0.105. The molecular formula is C18H18FN3O3S. The van der Waals surface area contributed by atoms with Gasteiger partial charge in [-0.3, -0.25) is 10.1 Å². The fourth-order valence-corrected chi connectivity index (χ4v) is 3.88.